The summed E-state index contributed by atoms with van der Waals surface area (Å²) >= 11 is 0. The number of nitrogens with one attached hydrogen (secondary N) is 2. The van der Waals surface area contributed by atoms with E-state index < -0.39 is 6.03 Å². The zero-order valence-corrected chi connectivity index (χ0v) is 13.8. The maximum Gasteiger partial charge on any atom is 0.338 e. The van der Waals surface area contributed by atoms with Gasteiger partial charge in [0.15, 0.2) is 0 Å². The molecular formula is C18H21FN4O2. The van der Waals surface area contributed by atoms with Crippen LogP contribution in [-0.4, -0.2) is 30.1 Å². The second-order valence-electron chi connectivity index (χ2n) is 5.96. The van der Waals surface area contributed by atoms with E-state index in [2.05, 4.69) is 15.8 Å². The molecule has 0 bridgehead atoms. The van der Waals surface area contributed by atoms with E-state index in [0.717, 1.165) is 24.9 Å². The second-order valence-corrected chi connectivity index (χ2v) is 5.96. The number of amides is 2. The highest BCUT2D eigenvalue weighted by atomic mass is 19.1. The molecule has 0 radical (unpaired) electrons. The highest BCUT2D eigenvalue weighted by molar-refractivity contribution is 5.73. The molecule has 0 aliphatic carbocycles. The fourth-order valence-corrected chi connectivity index (χ4v) is 2.91. The molecule has 0 saturated carbocycles. The zero-order valence-electron chi connectivity index (χ0n) is 13.8. The van der Waals surface area contributed by atoms with Gasteiger partial charge in [-0.1, -0.05) is 18.2 Å². The van der Waals surface area contributed by atoms with Gasteiger partial charge in [0.1, 0.15) is 12.4 Å². The number of carbonyl (C=O) groups is 1. The van der Waals surface area contributed by atoms with Crippen LogP contribution in [0.3, 0.4) is 0 Å². The number of halogens is 1. The van der Waals surface area contributed by atoms with Crippen LogP contribution in [0.4, 0.5) is 14.9 Å². The summed E-state index contributed by atoms with van der Waals surface area (Å²) in [6.07, 6.45) is 5.08. The highest BCUT2D eigenvalue weighted by Gasteiger charge is 2.23. The molecule has 0 unspecified atom stereocenters. The smallest absolute Gasteiger partial charge is 0.338 e. The number of carbonyl (C=O) groups excluding carboxylic acids is 1. The lowest BCUT2D eigenvalue weighted by Crippen LogP contribution is -2.50. The van der Waals surface area contributed by atoms with Gasteiger partial charge in [-0.25, -0.2) is 14.7 Å². The van der Waals surface area contributed by atoms with Crippen LogP contribution in [0.2, 0.25) is 0 Å². The standard InChI is InChI=1S/C18H21FN4O2/c19-16-7-1-2-8-17(16)23-10-4-6-15(12-23)21-18(24)22-25-13-14-5-3-9-20-11-14/h1-3,5,7-9,11,15H,4,6,10,12-13H2,(H2,21,22,24)/t15-/m0/s1. The summed E-state index contributed by atoms with van der Waals surface area (Å²) in [7, 11) is 0. The minimum atomic E-state index is -0.399. The lowest BCUT2D eigenvalue weighted by Gasteiger charge is -2.34. The van der Waals surface area contributed by atoms with E-state index in [1.54, 1.807) is 30.6 Å². The largest absolute Gasteiger partial charge is 0.367 e. The van der Waals surface area contributed by atoms with Gasteiger partial charge in [0, 0.05) is 31.5 Å². The normalized spacial score (nSPS) is 17.2. The second kappa shape index (κ2) is 8.43. The topological polar surface area (TPSA) is 66.5 Å². The molecule has 1 saturated heterocycles. The van der Waals surface area contributed by atoms with E-state index in [-0.39, 0.29) is 18.5 Å². The lowest BCUT2D eigenvalue weighted by molar-refractivity contribution is 0.0478. The van der Waals surface area contributed by atoms with E-state index in [4.69, 9.17) is 4.84 Å². The van der Waals surface area contributed by atoms with E-state index in [1.807, 2.05) is 17.0 Å². The van der Waals surface area contributed by atoms with Crippen molar-refractivity contribution in [1.29, 1.82) is 0 Å². The molecule has 1 aliphatic heterocycles. The Morgan fingerprint density at radius 1 is 1.32 bits per heavy atom. The molecule has 2 amide bonds. The SMILES string of the molecule is O=C(NOCc1cccnc1)N[C@H]1CCCN(c2ccccc2F)C1. The number of anilines is 1. The van der Waals surface area contributed by atoms with Crippen molar-refractivity contribution in [3.05, 3.63) is 60.2 Å². The molecule has 132 valence electrons. The summed E-state index contributed by atoms with van der Waals surface area (Å²) in [4.78, 5) is 23.1. The van der Waals surface area contributed by atoms with Gasteiger partial charge in [0.25, 0.3) is 0 Å². The average molecular weight is 344 g/mol. The zero-order chi connectivity index (χ0) is 17.5. The Bertz CT molecular complexity index is 698. The number of rotatable bonds is 5. The summed E-state index contributed by atoms with van der Waals surface area (Å²) in [5.41, 5.74) is 3.81. The molecule has 25 heavy (non-hydrogen) atoms. The molecule has 6 nitrogen and oxygen atoms in total. The van der Waals surface area contributed by atoms with Crippen molar-refractivity contribution in [2.45, 2.75) is 25.5 Å². The van der Waals surface area contributed by atoms with Crippen LogP contribution >= 0.6 is 0 Å². The molecular weight excluding hydrogens is 323 g/mol. The van der Waals surface area contributed by atoms with Crippen LogP contribution in [0.1, 0.15) is 18.4 Å². The number of aromatic nitrogens is 1. The van der Waals surface area contributed by atoms with Crippen molar-refractivity contribution in [2.75, 3.05) is 18.0 Å². The summed E-state index contributed by atoms with van der Waals surface area (Å²) in [6.45, 7) is 1.59. The molecule has 1 atom stereocenters. The van der Waals surface area contributed by atoms with Crippen molar-refractivity contribution < 1.29 is 14.0 Å². The Morgan fingerprint density at radius 2 is 2.20 bits per heavy atom. The molecule has 2 heterocycles. The van der Waals surface area contributed by atoms with Gasteiger partial charge in [-0.15, -0.1) is 0 Å². The van der Waals surface area contributed by atoms with Gasteiger partial charge in [-0.3, -0.25) is 9.82 Å². The number of hydrogen-bond donors (Lipinski definition) is 2. The molecule has 1 aromatic heterocycles. The number of piperidine rings is 1. The third-order valence-corrected chi connectivity index (χ3v) is 4.08. The quantitative estimate of drug-likeness (QED) is 0.819. The molecule has 7 heteroatoms. The van der Waals surface area contributed by atoms with Crippen molar-refractivity contribution in [2.24, 2.45) is 0 Å². The molecule has 1 aromatic carbocycles. The number of hydroxylamine groups is 1. The number of para-hydroxylation sites is 1. The summed E-state index contributed by atoms with van der Waals surface area (Å²) < 4.78 is 13.9. The van der Waals surface area contributed by atoms with Crippen LogP contribution in [-0.2, 0) is 11.4 Å². The molecule has 2 aromatic rings. The average Bonchev–Trinajstić information content (AvgIpc) is 2.63. The first-order valence-corrected chi connectivity index (χ1v) is 8.29. The summed E-state index contributed by atoms with van der Waals surface area (Å²) in [5.74, 6) is -0.243. The Labute approximate surface area is 146 Å². The third kappa shape index (κ3) is 4.90. The molecule has 3 rings (SSSR count). The van der Waals surface area contributed by atoms with E-state index in [1.165, 1.54) is 6.07 Å². The van der Waals surface area contributed by atoms with Crippen LogP contribution in [0.25, 0.3) is 0 Å². The lowest BCUT2D eigenvalue weighted by atomic mass is 10.0. The van der Waals surface area contributed by atoms with Gasteiger partial charge < -0.3 is 10.2 Å². The van der Waals surface area contributed by atoms with Crippen molar-refractivity contribution in [1.82, 2.24) is 15.8 Å². The number of pyridine rings is 1. The number of benzene rings is 1. The monoisotopic (exact) mass is 344 g/mol. The molecule has 0 spiro atoms. The fourth-order valence-electron chi connectivity index (χ4n) is 2.91. The predicted molar refractivity (Wildman–Crippen MR) is 92.3 cm³/mol. The van der Waals surface area contributed by atoms with Crippen LogP contribution < -0.4 is 15.7 Å². The molecule has 1 aliphatic rings. The maximum absolute atomic E-state index is 13.9. The van der Waals surface area contributed by atoms with Crippen LogP contribution in [0, 0.1) is 5.82 Å². The summed E-state index contributed by atoms with van der Waals surface area (Å²) in [6, 6.07) is 9.90. The van der Waals surface area contributed by atoms with Crippen molar-refractivity contribution in [3.63, 3.8) is 0 Å². The fraction of sp³-hybridized carbons (Fsp3) is 0.333. The Morgan fingerprint density at radius 3 is 3.00 bits per heavy atom. The van der Waals surface area contributed by atoms with Gasteiger partial charge in [-0.2, -0.15) is 0 Å². The minimum absolute atomic E-state index is 0.0599. The Kier molecular flexibility index (Phi) is 5.79. The van der Waals surface area contributed by atoms with Crippen molar-refractivity contribution in [3.8, 4) is 0 Å². The van der Waals surface area contributed by atoms with Gasteiger partial charge >= 0.3 is 6.03 Å². The minimum Gasteiger partial charge on any atom is -0.367 e. The van der Waals surface area contributed by atoms with Crippen molar-refractivity contribution >= 4 is 11.7 Å². The van der Waals surface area contributed by atoms with Gasteiger partial charge in [-0.05, 0) is 36.6 Å². The maximum atomic E-state index is 13.9. The first-order chi connectivity index (χ1) is 12.2. The Balaban J connectivity index is 1.46. The molecule has 2 N–H and O–H groups in total. The first kappa shape index (κ1) is 17.2. The van der Waals surface area contributed by atoms with E-state index in [9.17, 15) is 9.18 Å². The highest BCUT2D eigenvalue weighted by Crippen LogP contribution is 2.22. The summed E-state index contributed by atoms with van der Waals surface area (Å²) in [5, 5.41) is 2.87. The third-order valence-electron chi connectivity index (χ3n) is 4.08. The van der Waals surface area contributed by atoms with E-state index >= 15 is 0 Å². The number of nitrogens with zero attached hydrogens (tertiary/aromatic N) is 2. The van der Waals surface area contributed by atoms with Crippen LogP contribution in [0.5, 0.6) is 0 Å². The Hall–Kier alpha value is -2.67. The number of urea groups is 1. The molecule has 1 fully saturated rings. The van der Waals surface area contributed by atoms with Gasteiger partial charge in [0.05, 0.1) is 5.69 Å². The predicted octanol–water partition coefficient (Wildman–Crippen LogP) is 2.62. The van der Waals surface area contributed by atoms with E-state index in [0.29, 0.717) is 12.2 Å². The van der Waals surface area contributed by atoms with Crippen LogP contribution in [0.15, 0.2) is 48.8 Å². The van der Waals surface area contributed by atoms with Gasteiger partial charge in [0.2, 0.25) is 0 Å². The number of hydrogen-bond acceptors (Lipinski definition) is 4. The first-order valence-electron chi connectivity index (χ1n) is 8.29.